The number of halogens is 2. The molecule has 1 fully saturated rings. The highest BCUT2D eigenvalue weighted by molar-refractivity contribution is 9.10. The second-order valence-electron chi connectivity index (χ2n) is 8.47. The summed E-state index contributed by atoms with van der Waals surface area (Å²) >= 11 is 3.46. The third-order valence-corrected chi connectivity index (χ3v) is 8.67. The Kier molecular flexibility index (Phi) is 7.53. The number of hydrogen-bond acceptors (Lipinski definition) is 5. The molecule has 10 heteroatoms. The molecule has 0 saturated carbocycles. The molecule has 1 aliphatic rings. The lowest BCUT2D eigenvalue weighted by Crippen LogP contribution is -2.41. The minimum atomic E-state index is -3.92. The van der Waals surface area contributed by atoms with E-state index in [1.807, 2.05) is 25.1 Å². The van der Waals surface area contributed by atoms with Gasteiger partial charge in [0.25, 0.3) is 0 Å². The van der Waals surface area contributed by atoms with E-state index in [-0.39, 0.29) is 41.3 Å². The average Bonchev–Trinajstić information content (AvgIpc) is 3.21. The number of hydrogen-bond donors (Lipinski definition) is 1. The zero-order valence-corrected chi connectivity index (χ0v) is 21.7. The summed E-state index contributed by atoms with van der Waals surface area (Å²) in [6, 6.07) is 11.8. The van der Waals surface area contributed by atoms with Crippen LogP contribution in [0.25, 0.3) is 12.2 Å². The van der Waals surface area contributed by atoms with Gasteiger partial charge in [-0.1, -0.05) is 29.4 Å². The van der Waals surface area contributed by atoms with Gasteiger partial charge in [0.15, 0.2) is 10.7 Å². The van der Waals surface area contributed by atoms with Crippen molar-refractivity contribution >= 4 is 49.7 Å². The number of carbonyl (C=O) groups is 1. The van der Waals surface area contributed by atoms with Crippen molar-refractivity contribution < 1.29 is 22.1 Å². The predicted octanol–water partition coefficient (Wildman–Crippen LogP) is 5.40. The Morgan fingerprint density at radius 3 is 2.57 bits per heavy atom. The second kappa shape index (κ2) is 10.4. The fourth-order valence-electron chi connectivity index (χ4n) is 4.02. The number of sulfonamides is 1. The Labute approximate surface area is 212 Å². The molecule has 2 aromatic carbocycles. The van der Waals surface area contributed by atoms with Crippen LogP contribution in [0.1, 0.15) is 35.4 Å². The molecule has 1 aromatic heterocycles. The van der Waals surface area contributed by atoms with Gasteiger partial charge in [0, 0.05) is 29.0 Å². The van der Waals surface area contributed by atoms with Gasteiger partial charge in [0.1, 0.15) is 11.5 Å². The van der Waals surface area contributed by atoms with Gasteiger partial charge in [-0.15, -0.1) is 0 Å². The van der Waals surface area contributed by atoms with Crippen molar-refractivity contribution in [3.05, 3.63) is 75.3 Å². The highest BCUT2D eigenvalue weighted by Gasteiger charge is 2.36. The van der Waals surface area contributed by atoms with Gasteiger partial charge in [-0.05, 0) is 78.5 Å². The van der Waals surface area contributed by atoms with Crippen LogP contribution in [0.2, 0.25) is 0 Å². The fourth-order valence-corrected chi connectivity index (χ4v) is 6.33. The molecule has 0 unspecified atom stereocenters. The summed E-state index contributed by atoms with van der Waals surface area (Å²) < 4.78 is 48.2. The summed E-state index contributed by atoms with van der Waals surface area (Å²) in [5.74, 6) is -0.836. The predicted molar refractivity (Wildman–Crippen MR) is 136 cm³/mol. The van der Waals surface area contributed by atoms with Crippen LogP contribution < -0.4 is 5.32 Å². The van der Waals surface area contributed by atoms with Crippen molar-refractivity contribution in [2.75, 3.05) is 18.4 Å². The SMILES string of the molecule is Cc1ccc(NC(=O)C2CCN(S(=O)(=O)c3c(C)noc3/C=C/c3ccccc3F)CC2)c(Br)c1. The molecule has 0 bridgehead atoms. The van der Waals surface area contributed by atoms with Crippen LogP contribution in [0.5, 0.6) is 0 Å². The van der Waals surface area contributed by atoms with E-state index >= 15 is 0 Å². The maximum absolute atomic E-state index is 13.9. The third-order valence-electron chi connectivity index (χ3n) is 5.96. The monoisotopic (exact) mass is 561 g/mol. The zero-order valence-electron chi connectivity index (χ0n) is 19.3. The minimum Gasteiger partial charge on any atom is -0.355 e. The molecule has 3 aromatic rings. The fraction of sp³-hybridized carbons (Fsp3) is 0.280. The van der Waals surface area contributed by atoms with Crippen molar-refractivity contribution in [1.29, 1.82) is 0 Å². The van der Waals surface area contributed by atoms with Crippen LogP contribution in [-0.2, 0) is 14.8 Å². The van der Waals surface area contributed by atoms with Gasteiger partial charge < -0.3 is 9.84 Å². The van der Waals surface area contributed by atoms with Crippen molar-refractivity contribution in [1.82, 2.24) is 9.46 Å². The summed E-state index contributed by atoms with van der Waals surface area (Å²) in [5.41, 5.74) is 2.28. The van der Waals surface area contributed by atoms with Crippen molar-refractivity contribution in [2.24, 2.45) is 5.92 Å². The molecule has 0 radical (unpaired) electrons. The molecular formula is C25H25BrFN3O4S. The number of nitrogens with one attached hydrogen (secondary N) is 1. The maximum Gasteiger partial charge on any atom is 0.248 e. The van der Waals surface area contributed by atoms with Crippen LogP contribution in [-0.4, -0.2) is 36.9 Å². The number of aromatic nitrogens is 1. The molecule has 1 saturated heterocycles. The molecule has 1 aliphatic heterocycles. The molecule has 0 atom stereocenters. The van der Waals surface area contributed by atoms with E-state index in [9.17, 15) is 17.6 Å². The number of amides is 1. The summed E-state index contributed by atoms with van der Waals surface area (Å²) in [6.07, 6.45) is 3.64. The van der Waals surface area contributed by atoms with E-state index in [4.69, 9.17) is 4.52 Å². The first-order valence-corrected chi connectivity index (χ1v) is 13.4. The van der Waals surface area contributed by atoms with Crippen molar-refractivity contribution in [3.8, 4) is 0 Å². The molecule has 0 aliphatic carbocycles. The first-order valence-electron chi connectivity index (χ1n) is 11.1. The van der Waals surface area contributed by atoms with Gasteiger partial charge in [-0.2, -0.15) is 4.31 Å². The highest BCUT2D eigenvalue weighted by Crippen LogP contribution is 2.30. The molecule has 184 valence electrons. The van der Waals surface area contributed by atoms with E-state index < -0.39 is 15.8 Å². The van der Waals surface area contributed by atoms with Crippen LogP contribution in [0.4, 0.5) is 10.1 Å². The molecule has 1 N–H and O–H groups in total. The first-order chi connectivity index (χ1) is 16.7. The normalized spacial score (nSPS) is 15.5. The van der Waals surface area contributed by atoms with E-state index in [0.717, 1.165) is 10.0 Å². The molecule has 35 heavy (non-hydrogen) atoms. The Morgan fingerprint density at radius 1 is 1.17 bits per heavy atom. The Balaban J connectivity index is 1.46. The number of benzene rings is 2. The highest BCUT2D eigenvalue weighted by atomic mass is 79.9. The topological polar surface area (TPSA) is 92.5 Å². The lowest BCUT2D eigenvalue weighted by Gasteiger charge is -2.30. The summed E-state index contributed by atoms with van der Waals surface area (Å²) in [7, 11) is -3.92. The standard InChI is InChI=1S/C25H25BrFN3O4S/c1-16-7-9-22(20(26)15-16)28-25(31)19-11-13-30(14-12-19)35(32,33)24-17(2)29-34-23(24)10-8-18-5-3-4-6-21(18)27/h3-10,15,19H,11-14H2,1-2H3,(H,28,31)/b10-8+. The molecular weight excluding hydrogens is 537 g/mol. The van der Waals surface area contributed by atoms with Gasteiger partial charge >= 0.3 is 0 Å². The number of aryl methyl sites for hydroxylation is 2. The number of carbonyl (C=O) groups excluding carboxylic acids is 1. The number of piperidine rings is 1. The third kappa shape index (κ3) is 5.55. The average molecular weight is 562 g/mol. The van der Waals surface area contributed by atoms with Crippen LogP contribution in [0.15, 0.2) is 56.4 Å². The van der Waals surface area contributed by atoms with E-state index in [2.05, 4.69) is 26.4 Å². The van der Waals surface area contributed by atoms with E-state index in [1.54, 1.807) is 25.1 Å². The molecule has 1 amide bonds. The summed E-state index contributed by atoms with van der Waals surface area (Å²) in [6.45, 7) is 3.90. The van der Waals surface area contributed by atoms with Crippen molar-refractivity contribution in [2.45, 2.75) is 31.6 Å². The van der Waals surface area contributed by atoms with Crippen LogP contribution in [0, 0.1) is 25.6 Å². The summed E-state index contributed by atoms with van der Waals surface area (Å²) in [5, 5.41) is 6.75. The quantitative estimate of drug-likeness (QED) is 0.434. The molecule has 4 rings (SSSR count). The Morgan fingerprint density at radius 2 is 1.89 bits per heavy atom. The van der Waals surface area contributed by atoms with Crippen LogP contribution >= 0.6 is 15.9 Å². The number of nitrogens with zero attached hydrogens (tertiary/aromatic N) is 2. The van der Waals surface area contributed by atoms with E-state index in [1.165, 1.54) is 22.5 Å². The van der Waals surface area contributed by atoms with Crippen LogP contribution in [0.3, 0.4) is 0 Å². The molecule has 2 heterocycles. The van der Waals surface area contributed by atoms with Gasteiger partial charge in [-0.25, -0.2) is 12.8 Å². The van der Waals surface area contributed by atoms with E-state index in [0.29, 0.717) is 24.1 Å². The lowest BCUT2D eigenvalue weighted by atomic mass is 9.97. The van der Waals surface area contributed by atoms with Crippen molar-refractivity contribution in [3.63, 3.8) is 0 Å². The first kappa shape index (κ1) is 25.3. The molecule has 7 nitrogen and oxygen atoms in total. The smallest absolute Gasteiger partial charge is 0.248 e. The lowest BCUT2D eigenvalue weighted by molar-refractivity contribution is -0.120. The number of rotatable bonds is 6. The Bertz CT molecular complexity index is 1380. The summed E-state index contributed by atoms with van der Waals surface area (Å²) in [4.78, 5) is 12.7. The molecule has 0 spiro atoms. The van der Waals surface area contributed by atoms with Gasteiger partial charge in [0.05, 0.1) is 5.69 Å². The Hall–Kier alpha value is -2.82. The van der Waals surface area contributed by atoms with Gasteiger partial charge in [-0.3, -0.25) is 4.79 Å². The second-order valence-corrected chi connectivity index (χ2v) is 11.2. The largest absolute Gasteiger partial charge is 0.355 e. The maximum atomic E-state index is 13.9. The number of anilines is 1. The zero-order chi connectivity index (χ0) is 25.2. The minimum absolute atomic E-state index is 0.0369. The van der Waals surface area contributed by atoms with Gasteiger partial charge in [0.2, 0.25) is 15.9 Å².